The van der Waals surface area contributed by atoms with Crippen LogP contribution >= 0.6 is 0 Å². The van der Waals surface area contributed by atoms with Crippen molar-refractivity contribution >= 4 is 17.8 Å². The van der Waals surface area contributed by atoms with Crippen molar-refractivity contribution in [1.29, 1.82) is 0 Å². The highest BCUT2D eigenvalue weighted by Crippen LogP contribution is 2.21. The summed E-state index contributed by atoms with van der Waals surface area (Å²) in [5, 5.41) is 1.96. The smallest absolute Gasteiger partial charge is 0.331 e. The zero-order valence-corrected chi connectivity index (χ0v) is 8.36. The Morgan fingerprint density at radius 3 is 2.67 bits per heavy atom. The summed E-state index contributed by atoms with van der Waals surface area (Å²) < 4.78 is 5.37. The van der Waals surface area contributed by atoms with Crippen molar-refractivity contribution in [2.45, 2.75) is 31.9 Å². The molecule has 4 amide bonds. The molecule has 0 radical (unpaired) electrons. The average Bonchev–Trinajstić information content (AvgIpc) is 2.76. The molecule has 6 nitrogen and oxygen atoms in total. The minimum absolute atomic E-state index is 0.148. The average molecular weight is 212 g/mol. The Balaban J connectivity index is 2.12. The van der Waals surface area contributed by atoms with E-state index < -0.39 is 17.8 Å². The predicted octanol–water partition coefficient (Wildman–Crippen LogP) is -0.368. The third-order valence-corrected chi connectivity index (χ3v) is 2.76. The molecule has 2 rings (SSSR count). The lowest BCUT2D eigenvalue weighted by molar-refractivity contribution is -0.142. The molecule has 0 aromatic heterocycles. The van der Waals surface area contributed by atoms with Gasteiger partial charge in [0.15, 0.2) is 0 Å². The summed E-state index contributed by atoms with van der Waals surface area (Å²) in [6, 6.07) is -1.03. The predicted molar refractivity (Wildman–Crippen MR) is 48.8 cm³/mol. The molecule has 2 saturated heterocycles. The number of ether oxygens (including phenoxy) is 1. The molecular formula is C9H12N2O4. The summed E-state index contributed by atoms with van der Waals surface area (Å²) in [5.74, 6) is -1.65. The van der Waals surface area contributed by atoms with E-state index in [1.54, 1.807) is 6.92 Å². The van der Waals surface area contributed by atoms with E-state index in [1.165, 1.54) is 0 Å². The first-order valence-corrected chi connectivity index (χ1v) is 4.91. The summed E-state index contributed by atoms with van der Waals surface area (Å²) in [5.41, 5.74) is 0. The number of amides is 4. The molecule has 2 aliphatic heterocycles. The lowest BCUT2D eigenvalue weighted by Gasteiger charge is -2.25. The first-order valence-electron chi connectivity index (χ1n) is 4.91. The van der Waals surface area contributed by atoms with Gasteiger partial charge in [0.25, 0.3) is 0 Å². The Morgan fingerprint density at radius 2 is 2.20 bits per heavy atom. The minimum Gasteiger partial charge on any atom is -0.376 e. The Kier molecular flexibility index (Phi) is 2.44. The van der Waals surface area contributed by atoms with Crippen LogP contribution in [0.15, 0.2) is 0 Å². The summed E-state index contributed by atoms with van der Waals surface area (Å²) in [4.78, 5) is 34.6. The largest absolute Gasteiger partial charge is 0.376 e. The number of urea groups is 1. The normalized spacial score (nSPS) is 28.5. The standard InChI is InChI=1S/C9H12N2O4/c1-5(6-3-2-4-15-6)11-8(13)7(12)10-9(11)14/h5-6H,2-4H2,1H3,(H,10,12,14). The van der Waals surface area contributed by atoms with Gasteiger partial charge in [-0.15, -0.1) is 0 Å². The molecule has 2 atom stereocenters. The second-order valence-corrected chi connectivity index (χ2v) is 3.73. The molecule has 2 heterocycles. The van der Waals surface area contributed by atoms with Crippen molar-refractivity contribution in [2.24, 2.45) is 0 Å². The van der Waals surface area contributed by atoms with Crippen molar-refractivity contribution in [2.75, 3.05) is 6.61 Å². The van der Waals surface area contributed by atoms with Crippen LogP contribution in [-0.4, -0.2) is 41.5 Å². The maximum atomic E-state index is 11.4. The second kappa shape index (κ2) is 3.62. The van der Waals surface area contributed by atoms with E-state index >= 15 is 0 Å². The van der Waals surface area contributed by atoms with E-state index in [4.69, 9.17) is 4.74 Å². The van der Waals surface area contributed by atoms with Crippen molar-refractivity contribution < 1.29 is 19.1 Å². The highest BCUT2D eigenvalue weighted by atomic mass is 16.5. The van der Waals surface area contributed by atoms with Gasteiger partial charge in [0.2, 0.25) is 0 Å². The van der Waals surface area contributed by atoms with Crippen molar-refractivity contribution in [3.63, 3.8) is 0 Å². The molecule has 0 aromatic rings. The van der Waals surface area contributed by atoms with Crippen molar-refractivity contribution in [1.82, 2.24) is 10.2 Å². The van der Waals surface area contributed by atoms with Crippen LogP contribution in [0.1, 0.15) is 19.8 Å². The Bertz CT molecular complexity index is 322. The van der Waals surface area contributed by atoms with E-state index in [0.717, 1.165) is 17.7 Å². The molecular weight excluding hydrogens is 200 g/mol. The highest BCUT2D eigenvalue weighted by Gasteiger charge is 2.43. The molecule has 15 heavy (non-hydrogen) atoms. The summed E-state index contributed by atoms with van der Waals surface area (Å²) in [6.45, 7) is 2.36. The first kappa shape index (κ1) is 10.1. The van der Waals surface area contributed by atoms with Crippen molar-refractivity contribution in [3.8, 4) is 0 Å². The molecule has 0 spiro atoms. The van der Waals surface area contributed by atoms with Crippen LogP contribution in [0, 0.1) is 0 Å². The highest BCUT2D eigenvalue weighted by molar-refractivity contribution is 6.44. The zero-order chi connectivity index (χ0) is 11.0. The van der Waals surface area contributed by atoms with Gasteiger partial charge in [0, 0.05) is 6.61 Å². The van der Waals surface area contributed by atoms with Gasteiger partial charge in [0.05, 0.1) is 12.1 Å². The second-order valence-electron chi connectivity index (χ2n) is 3.73. The lowest BCUT2D eigenvalue weighted by Crippen LogP contribution is -2.45. The van der Waals surface area contributed by atoms with E-state index in [2.05, 4.69) is 0 Å². The third kappa shape index (κ3) is 1.61. The van der Waals surface area contributed by atoms with Gasteiger partial charge < -0.3 is 4.74 Å². The molecule has 0 bridgehead atoms. The molecule has 2 aliphatic rings. The Labute approximate surface area is 86.6 Å². The molecule has 6 heteroatoms. The molecule has 0 aliphatic carbocycles. The van der Waals surface area contributed by atoms with Gasteiger partial charge in [-0.05, 0) is 19.8 Å². The SMILES string of the molecule is CC(C1CCCO1)N1C(=O)NC(=O)C1=O. The van der Waals surface area contributed by atoms with Crippen LogP contribution in [-0.2, 0) is 14.3 Å². The summed E-state index contributed by atoms with van der Waals surface area (Å²) >= 11 is 0. The van der Waals surface area contributed by atoms with E-state index in [1.807, 2.05) is 5.32 Å². The van der Waals surface area contributed by atoms with Gasteiger partial charge in [0.1, 0.15) is 0 Å². The fourth-order valence-corrected chi connectivity index (χ4v) is 1.93. The van der Waals surface area contributed by atoms with E-state index in [0.29, 0.717) is 6.61 Å². The lowest BCUT2D eigenvalue weighted by atomic mass is 10.1. The number of rotatable bonds is 2. The van der Waals surface area contributed by atoms with Crippen LogP contribution in [0.2, 0.25) is 0 Å². The maximum absolute atomic E-state index is 11.4. The van der Waals surface area contributed by atoms with E-state index in [-0.39, 0.29) is 12.1 Å². The van der Waals surface area contributed by atoms with E-state index in [9.17, 15) is 14.4 Å². The molecule has 1 N–H and O–H groups in total. The fraction of sp³-hybridized carbons (Fsp3) is 0.667. The molecule has 2 unspecified atom stereocenters. The first-order chi connectivity index (χ1) is 7.11. The third-order valence-electron chi connectivity index (χ3n) is 2.76. The molecule has 82 valence electrons. The monoisotopic (exact) mass is 212 g/mol. The van der Waals surface area contributed by atoms with Gasteiger partial charge >= 0.3 is 17.8 Å². The van der Waals surface area contributed by atoms with Crippen molar-refractivity contribution in [3.05, 3.63) is 0 Å². The number of carbonyl (C=O) groups is 3. The topological polar surface area (TPSA) is 75.7 Å². The Hall–Kier alpha value is -1.43. The number of nitrogens with zero attached hydrogens (tertiary/aromatic N) is 1. The number of nitrogens with one attached hydrogen (secondary N) is 1. The van der Waals surface area contributed by atoms with Gasteiger partial charge in [-0.25, -0.2) is 4.79 Å². The molecule has 2 fully saturated rings. The number of hydrogen-bond acceptors (Lipinski definition) is 4. The van der Waals surface area contributed by atoms with Crippen LogP contribution in [0.5, 0.6) is 0 Å². The number of carbonyl (C=O) groups excluding carboxylic acids is 3. The van der Waals surface area contributed by atoms with Gasteiger partial charge in [-0.3, -0.25) is 19.8 Å². The van der Waals surface area contributed by atoms with Crippen LogP contribution in [0.3, 0.4) is 0 Å². The quantitative estimate of drug-likeness (QED) is 0.500. The molecule has 0 saturated carbocycles. The fourth-order valence-electron chi connectivity index (χ4n) is 1.93. The maximum Gasteiger partial charge on any atom is 0.331 e. The summed E-state index contributed by atoms with van der Waals surface area (Å²) in [7, 11) is 0. The minimum atomic E-state index is -0.857. The van der Waals surface area contributed by atoms with Crippen LogP contribution in [0.4, 0.5) is 4.79 Å². The van der Waals surface area contributed by atoms with Crippen LogP contribution in [0.25, 0.3) is 0 Å². The molecule has 0 aromatic carbocycles. The summed E-state index contributed by atoms with van der Waals surface area (Å²) in [6.07, 6.45) is 1.59. The van der Waals surface area contributed by atoms with Crippen LogP contribution < -0.4 is 5.32 Å². The van der Waals surface area contributed by atoms with Gasteiger partial charge in [-0.1, -0.05) is 0 Å². The number of hydrogen-bond donors (Lipinski definition) is 1. The Morgan fingerprint density at radius 1 is 1.47 bits per heavy atom. The number of imide groups is 2. The van der Waals surface area contributed by atoms with Gasteiger partial charge in [-0.2, -0.15) is 0 Å². The zero-order valence-electron chi connectivity index (χ0n) is 8.36.